The van der Waals surface area contributed by atoms with Crippen molar-refractivity contribution < 1.29 is 22.7 Å². The second-order valence-electron chi connectivity index (χ2n) is 8.40. The van der Waals surface area contributed by atoms with Crippen LogP contribution >= 0.6 is 0 Å². The Balaban J connectivity index is 2.24. The number of nitrogens with zero attached hydrogens (tertiary/aromatic N) is 3. The molecule has 2 heterocycles. The summed E-state index contributed by atoms with van der Waals surface area (Å²) in [7, 11) is 0. The van der Waals surface area contributed by atoms with Gasteiger partial charge < -0.3 is 19.9 Å². The monoisotopic (exact) mass is 428 g/mol. The Morgan fingerprint density at radius 2 is 2.00 bits per heavy atom. The van der Waals surface area contributed by atoms with E-state index < -0.39 is 23.4 Å². The highest BCUT2D eigenvalue weighted by atomic mass is 19.4. The number of rotatable bonds is 3. The van der Waals surface area contributed by atoms with Crippen LogP contribution in [0.15, 0.2) is 40.3 Å². The van der Waals surface area contributed by atoms with Crippen LogP contribution in [0.4, 0.5) is 18.0 Å². The maximum absolute atomic E-state index is 13.6. The number of ether oxygens (including phenoxy) is 1. The molecule has 0 aromatic carbocycles. The number of halogens is 3. The first-order valence-corrected chi connectivity index (χ1v) is 10.1. The molecule has 30 heavy (non-hydrogen) atoms. The number of hydrogen-bond donors (Lipinski definition) is 1. The first kappa shape index (κ1) is 23.8. The van der Waals surface area contributed by atoms with Gasteiger partial charge in [0.15, 0.2) is 0 Å². The maximum atomic E-state index is 13.6. The Bertz CT molecular complexity index is 776. The number of carbonyl (C=O) groups is 1. The summed E-state index contributed by atoms with van der Waals surface area (Å²) in [6, 6.07) is -0.211. The minimum atomic E-state index is -4.51. The second kappa shape index (κ2) is 9.14. The van der Waals surface area contributed by atoms with E-state index in [1.807, 2.05) is 24.8 Å². The van der Waals surface area contributed by atoms with E-state index in [1.54, 1.807) is 38.8 Å². The number of aliphatic imine (C=N–C) groups is 1. The number of amidine groups is 1. The SMILES string of the molecule is CC/C=C/NC1=NC=C(C(F)(F)F)/C1=C(/C)N1CCN(C(=O)OC(C)(C)C)C(C)C1. The first-order chi connectivity index (χ1) is 13.8. The zero-order valence-electron chi connectivity index (χ0n) is 18.4. The lowest BCUT2D eigenvalue weighted by Gasteiger charge is -2.42. The molecule has 1 fully saturated rings. The van der Waals surface area contributed by atoms with Crippen LogP contribution < -0.4 is 5.32 Å². The molecule has 0 aromatic heterocycles. The molecular weight excluding hydrogens is 397 g/mol. The summed E-state index contributed by atoms with van der Waals surface area (Å²) in [6.07, 6.45) is 0.0985. The number of alkyl halides is 3. The van der Waals surface area contributed by atoms with Gasteiger partial charge in [-0.25, -0.2) is 9.79 Å². The lowest BCUT2D eigenvalue weighted by molar-refractivity contribution is -0.0889. The summed E-state index contributed by atoms with van der Waals surface area (Å²) >= 11 is 0. The van der Waals surface area contributed by atoms with Gasteiger partial charge in [-0.3, -0.25) is 0 Å². The topological polar surface area (TPSA) is 57.2 Å². The molecule has 2 rings (SSSR count). The quantitative estimate of drug-likeness (QED) is 0.715. The molecule has 6 nitrogen and oxygen atoms in total. The van der Waals surface area contributed by atoms with Gasteiger partial charge in [0.25, 0.3) is 0 Å². The van der Waals surface area contributed by atoms with Crippen LogP contribution in [-0.2, 0) is 4.74 Å². The summed E-state index contributed by atoms with van der Waals surface area (Å²) in [5, 5.41) is 2.87. The van der Waals surface area contributed by atoms with Crippen LogP contribution in [0.5, 0.6) is 0 Å². The van der Waals surface area contributed by atoms with E-state index in [0.717, 1.165) is 12.6 Å². The van der Waals surface area contributed by atoms with Crippen molar-refractivity contribution >= 4 is 11.9 Å². The summed E-state index contributed by atoms with van der Waals surface area (Å²) < 4.78 is 46.2. The average molecular weight is 428 g/mol. The van der Waals surface area contributed by atoms with Crippen molar-refractivity contribution in [3.63, 3.8) is 0 Å². The van der Waals surface area contributed by atoms with Crippen molar-refractivity contribution in [3.05, 3.63) is 35.3 Å². The van der Waals surface area contributed by atoms with Crippen LogP contribution in [0.3, 0.4) is 0 Å². The smallest absolute Gasteiger partial charge is 0.418 e. The zero-order valence-corrected chi connectivity index (χ0v) is 18.4. The molecule has 0 saturated carbocycles. The molecule has 2 aliphatic rings. The third-order valence-electron chi connectivity index (χ3n) is 4.80. The minimum Gasteiger partial charge on any atom is -0.444 e. The van der Waals surface area contributed by atoms with Gasteiger partial charge in [0.05, 0.1) is 5.57 Å². The summed E-state index contributed by atoms with van der Waals surface area (Å²) in [4.78, 5) is 19.9. The largest absolute Gasteiger partial charge is 0.444 e. The third kappa shape index (κ3) is 5.79. The molecule has 168 valence electrons. The van der Waals surface area contributed by atoms with E-state index in [-0.39, 0.29) is 17.5 Å². The number of hydrogen-bond acceptors (Lipinski definition) is 5. The van der Waals surface area contributed by atoms with Gasteiger partial charge in [-0.15, -0.1) is 0 Å². The molecule has 0 radical (unpaired) electrons. The number of allylic oxidation sites excluding steroid dienone is 2. The lowest BCUT2D eigenvalue weighted by Crippen LogP contribution is -2.54. The van der Waals surface area contributed by atoms with Crippen molar-refractivity contribution in [1.82, 2.24) is 15.1 Å². The van der Waals surface area contributed by atoms with Gasteiger partial charge in [-0.2, -0.15) is 13.2 Å². The zero-order chi connectivity index (χ0) is 22.7. The number of nitrogens with one attached hydrogen (secondary N) is 1. The third-order valence-corrected chi connectivity index (χ3v) is 4.80. The van der Waals surface area contributed by atoms with Crippen molar-refractivity contribution in [1.29, 1.82) is 0 Å². The van der Waals surface area contributed by atoms with Crippen molar-refractivity contribution in [2.45, 2.75) is 65.8 Å². The Morgan fingerprint density at radius 1 is 1.33 bits per heavy atom. The van der Waals surface area contributed by atoms with Crippen LogP contribution in [0.25, 0.3) is 0 Å². The van der Waals surface area contributed by atoms with E-state index >= 15 is 0 Å². The summed E-state index contributed by atoms with van der Waals surface area (Å²) in [6.45, 7) is 12.0. The van der Waals surface area contributed by atoms with Gasteiger partial charge in [0.2, 0.25) is 0 Å². The molecular formula is C21H31F3N4O2. The highest BCUT2D eigenvalue weighted by molar-refractivity contribution is 6.06. The molecule has 2 aliphatic heterocycles. The highest BCUT2D eigenvalue weighted by Gasteiger charge is 2.42. The molecule has 0 aliphatic carbocycles. The molecule has 0 bridgehead atoms. The van der Waals surface area contributed by atoms with Crippen LogP contribution in [-0.4, -0.2) is 59.2 Å². The molecule has 1 unspecified atom stereocenters. The van der Waals surface area contributed by atoms with E-state index in [0.29, 0.717) is 25.3 Å². The van der Waals surface area contributed by atoms with Gasteiger partial charge >= 0.3 is 12.3 Å². The normalized spacial score (nSPS) is 22.2. The highest BCUT2D eigenvalue weighted by Crippen LogP contribution is 2.37. The van der Waals surface area contributed by atoms with Crippen molar-refractivity contribution in [3.8, 4) is 0 Å². The molecule has 0 aromatic rings. The van der Waals surface area contributed by atoms with Gasteiger partial charge in [-0.1, -0.05) is 13.0 Å². The van der Waals surface area contributed by atoms with E-state index in [4.69, 9.17) is 4.74 Å². The molecule has 9 heteroatoms. The summed E-state index contributed by atoms with van der Waals surface area (Å²) in [5.41, 5.74) is -0.857. The Kier molecular flexibility index (Phi) is 7.26. The van der Waals surface area contributed by atoms with Crippen LogP contribution in [0.2, 0.25) is 0 Å². The van der Waals surface area contributed by atoms with Crippen molar-refractivity contribution in [2.24, 2.45) is 4.99 Å². The van der Waals surface area contributed by atoms with E-state index in [2.05, 4.69) is 10.3 Å². The van der Waals surface area contributed by atoms with Gasteiger partial charge in [0.1, 0.15) is 11.4 Å². The number of piperazine rings is 1. The number of carbonyl (C=O) groups excluding carboxylic acids is 1. The average Bonchev–Trinajstić information content (AvgIpc) is 3.04. The molecule has 1 saturated heterocycles. The Labute approximate surface area is 176 Å². The van der Waals surface area contributed by atoms with Crippen molar-refractivity contribution in [2.75, 3.05) is 19.6 Å². The standard InChI is InChI=1S/C21H31F3N4O2/c1-7-8-9-25-18-17(16(12-26-18)21(22,23)24)15(3)27-10-11-28(14(2)13-27)19(29)30-20(4,5)6/h8-9,12,14H,7,10-11,13H2,1-6H3,(H,25,26)/b9-8+,17-15+. The molecule has 1 N–H and O–H groups in total. The Hall–Kier alpha value is -2.45. The summed E-state index contributed by atoms with van der Waals surface area (Å²) in [5.74, 6) is 0.173. The fourth-order valence-corrected chi connectivity index (χ4v) is 3.34. The fraction of sp³-hybridized carbons (Fsp3) is 0.619. The van der Waals surface area contributed by atoms with Gasteiger partial charge in [0, 0.05) is 43.1 Å². The Morgan fingerprint density at radius 3 is 2.53 bits per heavy atom. The molecule has 1 amide bonds. The predicted molar refractivity (Wildman–Crippen MR) is 111 cm³/mol. The van der Waals surface area contributed by atoms with E-state index in [9.17, 15) is 18.0 Å². The van der Waals surface area contributed by atoms with Crippen LogP contribution in [0.1, 0.15) is 48.0 Å². The van der Waals surface area contributed by atoms with Crippen LogP contribution in [0, 0.1) is 0 Å². The number of amides is 1. The minimum absolute atomic E-state index is 0.0428. The predicted octanol–water partition coefficient (Wildman–Crippen LogP) is 4.57. The first-order valence-electron chi connectivity index (χ1n) is 10.1. The van der Waals surface area contributed by atoms with E-state index in [1.165, 1.54) is 0 Å². The fourth-order valence-electron chi connectivity index (χ4n) is 3.34. The van der Waals surface area contributed by atoms with Gasteiger partial charge in [-0.05, 0) is 47.2 Å². The molecule has 0 spiro atoms. The lowest BCUT2D eigenvalue weighted by atomic mass is 10.0. The molecule has 1 atom stereocenters. The maximum Gasteiger partial charge on any atom is 0.418 e. The second-order valence-corrected chi connectivity index (χ2v) is 8.40.